The Morgan fingerprint density at radius 2 is 2.35 bits per heavy atom. The predicted molar refractivity (Wildman–Crippen MR) is 88.7 cm³/mol. The maximum Gasteiger partial charge on any atom is 0.314 e. The number of hydrogen-bond donors (Lipinski definition) is 2. The predicted octanol–water partition coefficient (Wildman–Crippen LogP) is 1.38. The lowest BCUT2D eigenvalue weighted by Gasteiger charge is -2.31. The number of aryl methyl sites for hydroxylation is 1. The summed E-state index contributed by atoms with van der Waals surface area (Å²) >= 11 is 1.60. The summed E-state index contributed by atoms with van der Waals surface area (Å²) in [4.78, 5) is 27.2. The molecule has 0 spiro atoms. The number of primary amides is 1. The Hall–Kier alpha value is -1.60. The Morgan fingerprint density at radius 3 is 3.13 bits per heavy atom. The average molecular weight is 337 g/mol. The minimum atomic E-state index is -0.440. The third-order valence-electron chi connectivity index (χ3n) is 4.49. The van der Waals surface area contributed by atoms with Crippen LogP contribution in [-0.4, -0.2) is 49.2 Å². The Labute approximate surface area is 140 Å². The van der Waals surface area contributed by atoms with Crippen molar-refractivity contribution < 1.29 is 14.3 Å². The van der Waals surface area contributed by atoms with Gasteiger partial charge in [-0.3, -0.25) is 4.79 Å². The van der Waals surface area contributed by atoms with Crippen LogP contribution in [0.1, 0.15) is 33.5 Å². The Kier molecular flexibility index (Phi) is 4.87. The van der Waals surface area contributed by atoms with Crippen LogP contribution in [0.3, 0.4) is 0 Å². The molecule has 3 N–H and O–H groups in total. The van der Waals surface area contributed by atoms with Crippen LogP contribution in [0, 0.1) is 5.92 Å². The van der Waals surface area contributed by atoms with Gasteiger partial charge in [-0.05, 0) is 36.8 Å². The molecule has 7 heteroatoms. The van der Waals surface area contributed by atoms with Gasteiger partial charge in [-0.25, -0.2) is 4.79 Å². The number of thiophene rings is 1. The van der Waals surface area contributed by atoms with Crippen LogP contribution in [0.4, 0.5) is 4.79 Å². The van der Waals surface area contributed by atoms with Crippen molar-refractivity contribution in [2.45, 2.75) is 32.3 Å². The van der Waals surface area contributed by atoms with Crippen molar-refractivity contribution in [3.63, 3.8) is 0 Å². The molecule has 3 amide bonds. The minimum Gasteiger partial charge on any atom is -0.373 e. The summed E-state index contributed by atoms with van der Waals surface area (Å²) in [5.41, 5.74) is 6.62. The molecule has 2 aliphatic rings. The number of carbonyl (C=O) groups excluding carboxylic acids is 2. The molecule has 1 aromatic heterocycles. The van der Waals surface area contributed by atoms with Gasteiger partial charge in [0.05, 0.1) is 24.1 Å². The lowest BCUT2D eigenvalue weighted by molar-refractivity contribution is -0.0110. The van der Waals surface area contributed by atoms with E-state index in [9.17, 15) is 9.59 Å². The van der Waals surface area contributed by atoms with E-state index in [4.69, 9.17) is 10.5 Å². The number of nitrogens with zero attached hydrogens (tertiary/aromatic N) is 1. The molecule has 1 aliphatic heterocycles. The van der Waals surface area contributed by atoms with Crippen LogP contribution >= 0.6 is 11.3 Å². The van der Waals surface area contributed by atoms with E-state index in [0.717, 1.165) is 17.7 Å². The maximum absolute atomic E-state index is 12.3. The van der Waals surface area contributed by atoms with Crippen molar-refractivity contribution in [2.24, 2.45) is 11.7 Å². The molecule has 6 nitrogen and oxygen atoms in total. The second-order valence-corrected chi connectivity index (χ2v) is 7.53. The monoisotopic (exact) mass is 337 g/mol. The van der Waals surface area contributed by atoms with E-state index < -0.39 is 6.03 Å². The highest BCUT2D eigenvalue weighted by atomic mass is 32.1. The SMILES string of the molecule is C[C@@H]1CCc2sc(C(=O)NC[C@@H]3CN(C(N)=O)CCO3)cc2C1. The first kappa shape index (κ1) is 16.3. The number of fused-ring (bicyclic) bond motifs is 1. The summed E-state index contributed by atoms with van der Waals surface area (Å²) in [5.74, 6) is 0.639. The third-order valence-corrected chi connectivity index (χ3v) is 5.73. The van der Waals surface area contributed by atoms with Crippen LogP contribution in [0.5, 0.6) is 0 Å². The highest BCUT2D eigenvalue weighted by molar-refractivity contribution is 7.14. The molecular weight excluding hydrogens is 314 g/mol. The van der Waals surface area contributed by atoms with Crippen molar-refractivity contribution in [3.05, 3.63) is 21.4 Å². The summed E-state index contributed by atoms with van der Waals surface area (Å²) in [7, 11) is 0. The van der Waals surface area contributed by atoms with Crippen molar-refractivity contribution in [2.75, 3.05) is 26.2 Å². The number of ether oxygens (including phenoxy) is 1. The van der Waals surface area contributed by atoms with Gasteiger partial charge >= 0.3 is 6.03 Å². The van der Waals surface area contributed by atoms with Gasteiger partial charge in [-0.15, -0.1) is 11.3 Å². The van der Waals surface area contributed by atoms with Crippen LogP contribution in [-0.2, 0) is 17.6 Å². The number of nitrogens with one attached hydrogen (secondary N) is 1. The molecule has 0 saturated carbocycles. The van der Waals surface area contributed by atoms with Gasteiger partial charge in [0, 0.05) is 18.0 Å². The van der Waals surface area contributed by atoms with E-state index in [1.807, 2.05) is 6.07 Å². The molecule has 0 radical (unpaired) electrons. The topological polar surface area (TPSA) is 84.7 Å². The van der Waals surface area contributed by atoms with Gasteiger partial charge in [-0.1, -0.05) is 6.92 Å². The summed E-state index contributed by atoms with van der Waals surface area (Å²) in [5, 5.41) is 2.92. The molecule has 2 heterocycles. The number of morpholine rings is 1. The summed E-state index contributed by atoms with van der Waals surface area (Å²) in [6.45, 7) is 4.03. The van der Waals surface area contributed by atoms with Crippen molar-refractivity contribution in [3.8, 4) is 0 Å². The molecule has 2 atom stereocenters. The van der Waals surface area contributed by atoms with Crippen molar-refractivity contribution in [1.29, 1.82) is 0 Å². The molecule has 1 aromatic rings. The number of nitrogens with two attached hydrogens (primary N) is 1. The first-order valence-corrected chi connectivity index (χ1v) is 8.90. The van der Waals surface area contributed by atoms with E-state index in [2.05, 4.69) is 12.2 Å². The summed E-state index contributed by atoms with van der Waals surface area (Å²) in [6.07, 6.45) is 3.15. The Bertz CT molecular complexity index is 601. The highest BCUT2D eigenvalue weighted by Crippen LogP contribution is 2.32. The van der Waals surface area contributed by atoms with E-state index in [1.54, 1.807) is 16.2 Å². The highest BCUT2D eigenvalue weighted by Gasteiger charge is 2.24. The number of carbonyl (C=O) groups is 2. The molecular formula is C16H23N3O3S. The summed E-state index contributed by atoms with van der Waals surface area (Å²) < 4.78 is 5.58. The third kappa shape index (κ3) is 3.84. The number of rotatable bonds is 3. The first-order valence-electron chi connectivity index (χ1n) is 8.08. The smallest absolute Gasteiger partial charge is 0.314 e. The van der Waals surface area contributed by atoms with Crippen molar-refractivity contribution in [1.82, 2.24) is 10.2 Å². The standard InChI is InChI=1S/C16H23N3O3S/c1-10-2-3-13-11(6-10)7-14(23-13)15(20)18-8-12-9-19(16(17)21)4-5-22-12/h7,10,12H,2-6,8-9H2,1H3,(H2,17,21)(H,18,20)/t10-,12-/m1/s1. The van der Waals surface area contributed by atoms with Gasteiger partial charge in [0.2, 0.25) is 0 Å². The fourth-order valence-electron chi connectivity index (χ4n) is 3.15. The number of amides is 3. The molecule has 126 valence electrons. The second kappa shape index (κ2) is 6.88. The fourth-order valence-corrected chi connectivity index (χ4v) is 4.28. The summed E-state index contributed by atoms with van der Waals surface area (Å²) in [6, 6.07) is 1.59. The van der Waals surface area contributed by atoms with Crippen LogP contribution in [0.2, 0.25) is 0 Å². The van der Waals surface area contributed by atoms with Crippen LogP contribution < -0.4 is 11.1 Å². The van der Waals surface area contributed by atoms with E-state index in [1.165, 1.54) is 16.9 Å². The molecule has 1 fully saturated rings. The van der Waals surface area contributed by atoms with Gasteiger partial charge in [-0.2, -0.15) is 0 Å². The number of hydrogen-bond acceptors (Lipinski definition) is 4. The molecule has 1 saturated heterocycles. The fraction of sp³-hybridized carbons (Fsp3) is 0.625. The lowest BCUT2D eigenvalue weighted by Crippen LogP contribution is -2.51. The zero-order valence-corrected chi connectivity index (χ0v) is 14.2. The van der Waals surface area contributed by atoms with Gasteiger partial charge in [0.1, 0.15) is 0 Å². The number of urea groups is 1. The Morgan fingerprint density at radius 1 is 1.52 bits per heavy atom. The van der Waals surface area contributed by atoms with E-state index >= 15 is 0 Å². The van der Waals surface area contributed by atoms with E-state index in [0.29, 0.717) is 32.2 Å². The zero-order chi connectivity index (χ0) is 16.4. The zero-order valence-electron chi connectivity index (χ0n) is 13.3. The maximum atomic E-state index is 12.3. The molecule has 23 heavy (non-hydrogen) atoms. The quantitative estimate of drug-likeness (QED) is 0.874. The van der Waals surface area contributed by atoms with Gasteiger partial charge < -0.3 is 20.7 Å². The van der Waals surface area contributed by atoms with Crippen LogP contribution in [0.15, 0.2) is 6.07 Å². The van der Waals surface area contributed by atoms with Crippen molar-refractivity contribution >= 4 is 23.3 Å². The lowest BCUT2D eigenvalue weighted by atomic mass is 9.90. The van der Waals surface area contributed by atoms with Gasteiger partial charge in [0.15, 0.2) is 0 Å². The van der Waals surface area contributed by atoms with E-state index in [-0.39, 0.29) is 12.0 Å². The second-order valence-electron chi connectivity index (χ2n) is 6.39. The largest absolute Gasteiger partial charge is 0.373 e. The Balaban J connectivity index is 1.54. The molecule has 3 rings (SSSR count). The molecule has 1 aliphatic carbocycles. The average Bonchev–Trinajstić information content (AvgIpc) is 2.96. The van der Waals surface area contributed by atoms with Crippen LogP contribution in [0.25, 0.3) is 0 Å². The molecule has 0 aromatic carbocycles. The molecule has 0 bridgehead atoms. The molecule has 0 unspecified atom stereocenters. The first-order chi connectivity index (χ1) is 11.0. The van der Waals surface area contributed by atoms with Gasteiger partial charge in [0.25, 0.3) is 5.91 Å². The normalized spacial score (nSPS) is 24.1. The minimum absolute atomic E-state index is 0.0585.